The van der Waals surface area contributed by atoms with Crippen molar-refractivity contribution in [3.05, 3.63) is 60.7 Å². The maximum Gasteiger partial charge on any atom is 0.0996 e. The normalized spacial score (nSPS) is 30.2. The second-order valence-electron chi connectivity index (χ2n) is 7.61. The number of pyridine rings is 1. The lowest BCUT2D eigenvalue weighted by Gasteiger charge is -2.52. The van der Waals surface area contributed by atoms with Gasteiger partial charge in [0.25, 0.3) is 0 Å². The molecule has 2 aromatic rings. The summed E-state index contributed by atoms with van der Waals surface area (Å²) >= 11 is 0. The number of hydrogen-bond donors (Lipinski definition) is 2. The van der Waals surface area contributed by atoms with E-state index in [2.05, 4.69) is 56.9 Å². The van der Waals surface area contributed by atoms with Crippen LogP contribution in [0.2, 0.25) is 0 Å². The number of piperidine rings is 3. The van der Waals surface area contributed by atoms with E-state index < -0.39 is 0 Å². The molecule has 1 aromatic heterocycles. The molecule has 0 unspecified atom stereocenters. The summed E-state index contributed by atoms with van der Waals surface area (Å²) in [6.45, 7) is 3.74. The molecule has 0 radical (unpaired) electrons. The van der Waals surface area contributed by atoms with Crippen LogP contribution in [0.15, 0.2) is 60.7 Å². The fourth-order valence-electron chi connectivity index (χ4n) is 4.73. The van der Waals surface area contributed by atoms with Crippen LogP contribution in [-0.4, -0.2) is 35.1 Å². The molecule has 25 heavy (non-hydrogen) atoms. The van der Waals surface area contributed by atoms with Crippen molar-refractivity contribution in [2.45, 2.75) is 24.8 Å². The highest BCUT2D eigenvalue weighted by molar-refractivity contribution is 5.67. The maximum atomic E-state index is 4.42. The highest BCUT2D eigenvalue weighted by atomic mass is 15.3. The highest BCUT2D eigenvalue weighted by Gasteiger charge is 2.48. The highest BCUT2D eigenvalue weighted by Crippen LogP contribution is 2.41. The number of nitrogens with zero attached hydrogens (tertiary/aromatic N) is 2. The maximum absolute atomic E-state index is 4.42. The second kappa shape index (κ2) is 5.88. The molecule has 0 aliphatic carbocycles. The summed E-state index contributed by atoms with van der Waals surface area (Å²) in [5.74, 6) is 1.95. The molecule has 0 saturated carbocycles. The molecule has 1 atom stereocenters. The first kappa shape index (κ1) is 15.0. The van der Waals surface area contributed by atoms with Crippen LogP contribution in [0.25, 0.3) is 11.1 Å². The average molecular weight is 332 g/mol. The molecule has 6 rings (SSSR count). The molecule has 128 valence electrons. The molecular formula is C21H24N4. The minimum absolute atomic E-state index is 0.253. The molecule has 1 aromatic carbocycles. The summed E-state index contributed by atoms with van der Waals surface area (Å²) in [5, 5.41) is 7.38. The van der Waals surface area contributed by atoms with E-state index in [0.29, 0.717) is 0 Å². The Kier molecular flexibility index (Phi) is 3.52. The molecule has 4 aliphatic rings. The van der Waals surface area contributed by atoms with E-state index in [1.54, 1.807) is 0 Å². The summed E-state index contributed by atoms with van der Waals surface area (Å²) < 4.78 is 0. The molecule has 3 fully saturated rings. The number of hydrogen-bond acceptors (Lipinski definition) is 4. The average Bonchev–Trinajstić information content (AvgIpc) is 3.05. The standard InChI is InChI=1S/C21H24N4/c1-2-4-16(5-3-1)17-12-19(14-22-13-17)23-20-6-9-21(24-20)15-25-10-7-18(21)8-11-25/h1-6,12-14,18,23-24H,7-11,15H2/t21-/m0/s1. The Bertz CT molecular complexity index is 793. The first-order valence-electron chi connectivity index (χ1n) is 9.29. The number of fused-ring (bicyclic) bond motifs is 2. The van der Waals surface area contributed by atoms with Crippen LogP contribution in [0.4, 0.5) is 5.69 Å². The molecule has 0 amide bonds. The third-order valence-corrected chi connectivity index (χ3v) is 6.05. The van der Waals surface area contributed by atoms with Crippen molar-refractivity contribution in [3.63, 3.8) is 0 Å². The van der Waals surface area contributed by atoms with Gasteiger partial charge in [-0.3, -0.25) is 4.98 Å². The van der Waals surface area contributed by atoms with Gasteiger partial charge < -0.3 is 15.5 Å². The molecule has 3 saturated heterocycles. The zero-order valence-corrected chi connectivity index (χ0v) is 14.4. The van der Waals surface area contributed by atoms with E-state index in [-0.39, 0.29) is 5.54 Å². The van der Waals surface area contributed by atoms with E-state index >= 15 is 0 Å². The van der Waals surface area contributed by atoms with E-state index in [1.807, 2.05) is 18.5 Å². The Hall–Kier alpha value is -2.33. The van der Waals surface area contributed by atoms with Crippen LogP contribution in [0.5, 0.6) is 0 Å². The minimum Gasteiger partial charge on any atom is -0.365 e. The molecular weight excluding hydrogens is 308 g/mol. The van der Waals surface area contributed by atoms with Crippen molar-refractivity contribution in [3.8, 4) is 11.1 Å². The first-order valence-corrected chi connectivity index (χ1v) is 9.29. The van der Waals surface area contributed by atoms with Gasteiger partial charge in [-0.25, -0.2) is 0 Å². The third-order valence-electron chi connectivity index (χ3n) is 6.05. The van der Waals surface area contributed by atoms with E-state index in [0.717, 1.165) is 29.4 Å². The number of anilines is 1. The van der Waals surface area contributed by atoms with Crippen molar-refractivity contribution in [2.24, 2.45) is 5.92 Å². The van der Waals surface area contributed by atoms with E-state index in [1.165, 1.54) is 38.0 Å². The van der Waals surface area contributed by atoms with Crippen molar-refractivity contribution in [2.75, 3.05) is 25.0 Å². The van der Waals surface area contributed by atoms with Gasteiger partial charge in [-0.2, -0.15) is 0 Å². The minimum atomic E-state index is 0.253. The molecule has 5 heterocycles. The predicted molar refractivity (Wildman–Crippen MR) is 101 cm³/mol. The van der Waals surface area contributed by atoms with E-state index in [4.69, 9.17) is 0 Å². The fraction of sp³-hybridized carbons (Fsp3) is 0.381. The lowest BCUT2D eigenvalue weighted by Crippen LogP contribution is -2.64. The van der Waals surface area contributed by atoms with Crippen LogP contribution < -0.4 is 10.6 Å². The van der Waals surface area contributed by atoms with Gasteiger partial charge in [-0.15, -0.1) is 0 Å². The number of nitrogens with one attached hydrogen (secondary N) is 2. The smallest absolute Gasteiger partial charge is 0.0996 e. The largest absolute Gasteiger partial charge is 0.365 e. The topological polar surface area (TPSA) is 40.2 Å². The van der Waals surface area contributed by atoms with Crippen molar-refractivity contribution in [1.29, 1.82) is 0 Å². The van der Waals surface area contributed by atoms with Crippen LogP contribution in [-0.2, 0) is 0 Å². The Morgan fingerprint density at radius 2 is 1.92 bits per heavy atom. The Morgan fingerprint density at radius 3 is 2.68 bits per heavy atom. The van der Waals surface area contributed by atoms with E-state index in [9.17, 15) is 0 Å². The van der Waals surface area contributed by atoms with Gasteiger partial charge in [-0.1, -0.05) is 30.3 Å². The van der Waals surface area contributed by atoms with Gasteiger partial charge in [0.1, 0.15) is 0 Å². The van der Waals surface area contributed by atoms with Gasteiger partial charge in [0.15, 0.2) is 0 Å². The molecule has 2 bridgehead atoms. The number of aromatic nitrogens is 1. The van der Waals surface area contributed by atoms with Crippen LogP contribution in [0.1, 0.15) is 19.3 Å². The summed E-state index contributed by atoms with van der Waals surface area (Å²) in [7, 11) is 0. The van der Waals surface area contributed by atoms with Gasteiger partial charge in [0, 0.05) is 18.3 Å². The summed E-state index contributed by atoms with van der Waals surface area (Å²) in [6.07, 6.45) is 9.94. The van der Waals surface area contributed by atoms with Crippen molar-refractivity contribution < 1.29 is 0 Å². The SMILES string of the molecule is C1=C(Nc2cncc(-c3ccccc3)c2)N[C@@]2(C1)CN1CCC2CC1. The molecule has 4 aliphatic heterocycles. The van der Waals surface area contributed by atoms with Crippen molar-refractivity contribution in [1.82, 2.24) is 15.2 Å². The van der Waals surface area contributed by atoms with Crippen LogP contribution in [0, 0.1) is 5.92 Å². The van der Waals surface area contributed by atoms with Crippen LogP contribution >= 0.6 is 0 Å². The fourth-order valence-corrected chi connectivity index (χ4v) is 4.73. The Labute approximate surface area is 149 Å². The van der Waals surface area contributed by atoms with Gasteiger partial charge in [-0.05, 0) is 56.0 Å². The third kappa shape index (κ3) is 2.71. The quantitative estimate of drug-likeness (QED) is 0.903. The zero-order chi connectivity index (χ0) is 16.7. The summed E-state index contributed by atoms with van der Waals surface area (Å²) in [5.41, 5.74) is 3.63. The number of rotatable bonds is 3. The monoisotopic (exact) mass is 332 g/mol. The molecule has 2 N–H and O–H groups in total. The number of benzene rings is 1. The second-order valence-corrected chi connectivity index (χ2v) is 7.61. The first-order chi connectivity index (χ1) is 12.3. The summed E-state index contributed by atoms with van der Waals surface area (Å²) in [6, 6.07) is 12.6. The molecule has 4 nitrogen and oxygen atoms in total. The Balaban J connectivity index is 1.32. The predicted octanol–water partition coefficient (Wildman–Crippen LogP) is 3.46. The van der Waals surface area contributed by atoms with Gasteiger partial charge in [0.05, 0.1) is 23.2 Å². The summed E-state index contributed by atoms with van der Waals surface area (Å²) in [4.78, 5) is 7.03. The van der Waals surface area contributed by atoms with Crippen LogP contribution in [0.3, 0.4) is 0 Å². The lowest BCUT2D eigenvalue weighted by molar-refractivity contribution is 0.0189. The molecule has 1 spiro atoms. The van der Waals surface area contributed by atoms with Crippen molar-refractivity contribution >= 4 is 5.69 Å². The molecule has 4 heteroatoms. The van der Waals surface area contributed by atoms with Gasteiger partial charge >= 0.3 is 0 Å². The Morgan fingerprint density at radius 1 is 1.08 bits per heavy atom. The lowest BCUT2D eigenvalue weighted by atomic mass is 9.72. The zero-order valence-electron chi connectivity index (χ0n) is 14.4. The van der Waals surface area contributed by atoms with Gasteiger partial charge in [0.2, 0.25) is 0 Å².